The highest BCUT2D eigenvalue weighted by Gasteiger charge is 2.23. The molecular weight excluding hydrogens is 503 g/mol. The van der Waals surface area contributed by atoms with Crippen molar-refractivity contribution in [2.75, 3.05) is 13.1 Å². The molecule has 3 rings (SSSR count). The number of hydrogen-bond donors (Lipinski definition) is 3. The Morgan fingerprint density at radius 1 is 1.34 bits per heavy atom. The number of guanidine groups is 1. The smallest absolute Gasteiger partial charge is 0.191 e. The van der Waals surface area contributed by atoms with E-state index in [1.165, 1.54) is 0 Å². The maximum absolute atomic E-state index is 10.4. The van der Waals surface area contributed by atoms with E-state index in [-0.39, 0.29) is 36.6 Å². The van der Waals surface area contributed by atoms with E-state index in [9.17, 15) is 5.11 Å². The number of aryl methyl sites for hydroxylation is 1. The predicted octanol–water partition coefficient (Wildman–Crippen LogP) is 3.28. The third kappa shape index (κ3) is 6.55. The number of aliphatic hydroxyl groups is 1. The molecule has 0 spiro atoms. The first-order chi connectivity index (χ1) is 13.5. The molecule has 0 aliphatic carbocycles. The van der Waals surface area contributed by atoms with Crippen molar-refractivity contribution in [1.29, 1.82) is 0 Å². The third-order valence-electron chi connectivity index (χ3n) is 4.75. The number of aliphatic imine (C=N–C) groups is 1. The lowest BCUT2D eigenvalue weighted by Gasteiger charge is -2.25. The van der Waals surface area contributed by atoms with Gasteiger partial charge in [0.2, 0.25) is 0 Å². The molecule has 9 heteroatoms. The molecule has 0 saturated carbocycles. The quantitative estimate of drug-likeness (QED) is 0.302. The highest BCUT2D eigenvalue weighted by atomic mass is 127. The van der Waals surface area contributed by atoms with E-state index in [0.717, 1.165) is 43.1 Å². The van der Waals surface area contributed by atoms with Gasteiger partial charge in [-0.2, -0.15) is 5.10 Å². The molecule has 1 aliphatic heterocycles. The van der Waals surface area contributed by atoms with Crippen LogP contribution in [0.1, 0.15) is 56.4 Å². The lowest BCUT2D eigenvalue weighted by atomic mass is 10.1. The van der Waals surface area contributed by atoms with Crippen LogP contribution in [0, 0.1) is 0 Å². The highest BCUT2D eigenvalue weighted by Crippen LogP contribution is 2.18. The summed E-state index contributed by atoms with van der Waals surface area (Å²) in [5, 5.41) is 22.4. The molecule has 0 saturated heterocycles. The lowest BCUT2D eigenvalue weighted by Crippen LogP contribution is -2.47. The molecule has 2 atom stereocenters. The summed E-state index contributed by atoms with van der Waals surface area (Å²) in [6.07, 6.45) is 1.19. The number of nitrogens with zero attached hydrogens (tertiary/aromatic N) is 4. The van der Waals surface area contributed by atoms with Crippen LogP contribution in [-0.4, -0.2) is 45.0 Å². The Kier molecular flexibility index (Phi) is 9.16. The molecule has 160 valence electrons. The van der Waals surface area contributed by atoms with Crippen LogP contribution in [0.4, 0.5) is 0 Å². The first kappa shape index (κ1) is 23.9. The first-order valence-corrected chi connectivity index (χ1v) is 10.3. The van der Waals surface area contributed by atoms with Crippen LogP contribution < -0.4 is 10.6 Å². The second-order valence-electron chi connectivity index (χ2n) is 7.39. The minimum absolute atomic E-state index is 0. The van der Waals surface area contributed by atoms with Crippen molar-refractivity contribution in [3.63, 3.8) is 0 Å². The van der Waals surface area contributed by atoms with E-state index in [0.29, 0.717) is 16.9 Å². The molecule has 0 amide bonds. The minimum Gasteiger partial charge on any atom is -0.386 e. The Balaban J connectivity index is 0.00000300. The number of halogens is 2. The zero-order valence-corrected chi connectivity index (χ0v) is 20.2. The van der Waals surface area contributed by atoms with Gasteiger partial charge in [0.15, 0.2) is 11.8 Å². The Bertz CT molecular complexity index is 808. The van der Waals surface area contributed by atoms with Crippen LogP contribution in [-0.2, 0) is 13.0 Å². The number of aromatic nitrogens is 3. The lowest BCUT2D eigenvalue weighted by molar-refractivity contribution is 0.187. The maximum atomic E-state index is 10.4. The zero-order chi connectivity index (χ0) is 20.1. The van der Waals surface area contributed by atoms with Crippen LogP contribution in [0.3, 0.4) is 0 Å². The van der Waals surface area contributed by atoms with Crippen molar-refractivity contribution in [3.05, 3.63) is 46.5 Å². The molecule has 0 fully saturated rings. The van der Waals surface area contributed by atoms with E-state index >= 15 is 0 Å². The van der Waals surface area contributed by atoms with Gasteiger partial charge >= 0.3 is 0 Å². The van der Waals surface area contributed by atoms with Crippen molar-refractivity contribution in [2.24, 2.45) is 4.99 Å². The van der Waals surface area contributed by atoms with E-state index in [4.69, 9.17) is 11.6 Å². The predicted molar refractivity (Wildman–Crippen MR) is 127 cm³/mol. The molecule has 2 aromatic rings. The standard InChI is InChI=1S/C20H29ClN6O.HI/c1-4-22-20(23-11-17(28)14-5-7-15(21)8-6-14)24-16-9-10-18-25-19(13(2)3)26-27(18)12-16;/h5-8,13,16-17,28H,4,9-12H2,1-3H3,(H2,22,23,24);1H. The molecule has 1 aliphatic rings. The van der Waals surface area contributed by atoms with Crippen molar-refractivity contribution >= 4 is 41.5 Å². The normalized spacial score (nSPS) is 17.4. The fourth-order valence-electron chi connectivity index (χ4n) is 3.17. The summed E-state index contributed by atoms with van der Waals surface area (Å²) in [4.78, 5) is 9.20. The zero-order valence-electron chi connectivity index (χ0n) is 17.1. The Morgan fingerprint density at radius 3 is 2.72 bits per heavy atom. The van der Waals surface area contributed by atoms with Crippen molar-refractivity contribution < 1.29 is 5.11 Å². The second-order valence-corrected chi connectivity index (χ2v) is 7.83. The molecule has 2 unspecified atom stereocenters. The Morgan fingerprint density at radius 2 is 2.07 bits per heavy atom. The molecule has 0 bridgehead atoms. The summed E-state index contributed by atoms with van der Waals surface area (Å²) < 4.78 is 2.00. The van der Waals surface area contributed by atoms with Gasteiger partial charge in [0.25, 0.3) is 0 Å². The van der Waals surface area contributed by atoms with Gasteiger partial charge in [-0.3, -0.25) is 4.99 Å². The molecule has 1 aromatic carbocycles. The summed E-state index contributed by atoms with van der Waals surface area (Å²) in [7, 11) is 0. The second kappa shape index (κ2) is 11.1. The first-order valence-electron chi connectivity index (χ1n) is 9.88. The summed E-state index contributed by atoms with van der Waals surface area (Å²) in [6.45, 7) is 8.03. The van der Waals surface area contributed by atoms with Crippen LogP contribution >= 0.6 is 35.6 Å². The third-order valence-corrected chi connectivity index (χ3v) is 5.01. The van der Waals surface area contributed by atoms with Gasteiger partial charge in [0.1, 0.15) is 5.82 Å². The van der Waals surface area contributed by atoms with Gasteiger partial charge in [-0.1, -0.05) is 37.6 Å². The average Bonchev–Trinajstić information content (AvgIpc) is 3.10. The number of nitrogens with one attached hydrogen (secondary N) is 2. The Labute approximate surface area is 194 Å². The summed E-state index contributed by atoms with van der Waals surface area (Å²) in [5.74, 6) is 3.00. The van der Waals surface area contributed by atoms with Gasteiger partial charge < -0.3 is 15.7 Å². The molecule has 2 heterocycles. The molecule has 7 nitrogen and oxygen atoms in total. The highest BCUT2D eigenvalue weighted by molar-refractivity contribution is 14.0. The van der Waals surface area contributed by atoms with E-state index < -0.39 is 6.10 Å². The maximum Gasteiger partial charge on any atom is 0.191 e. The molecule has 0 radical (unpaired) electrons. The summed E-state index contributed by atoms with van der Waals surface area (Å²) >= 11 is 5.91. The molecular formula is C20H30ClIN6O. The number of aliphatic hydroxyl groups excluding tert-OH is 1. The van der Waals surface area contributed by atoms with Gasteiger partial charge in [0.05, 0.1) is 19.2 Å². The molecule has 29 heavy (non-hydrogen) atoms. The van der Waals surface area contributed by atoms with Crippen molar-refractivity contribution in [1.82, 2.24) is 25.4 Å². The van der Waals surface area contributed by atoms with Crippen LogP contribution in [0.2, 0.25) is 5.02 Å². The van der Waals surface area contributed by atoms with Gasteiger partial charge in [0, 0.05) is 29.9 Å². The summed E-state index contributed by atoms with van der Waals surface area (Å²) in [5.41, 5.74) is 0.801. The van der Waals surface area contributed by atoms with Crippen molar-refractivity contribution in [3.8, 4) is 0 Å². The van der Waals surface area contributed by atoms with Gasteiger partial charge in [-0.15, -0.1) is 24.0 Å². The number of fused-ring (bicyclic) bond motifs is 1. The molecule has 1 aromatic heterocycles. The van der Waals surface area contributed by atoms with Gasteiger partial charge in [-0.25, -0.2) is 9.67 Å². The van der Waals surface area contributed by atoms with Crippen molar-refractivity contribution in [2.45, 2.75) is 58.2 Å². The van der Waals surface area contributed by atoms with E-state index in [1.807, 2.05) is 23.7 Å². The number of rotatable bonds is 6. The average molecular weight is 533 g/mol. The van der Waals surface area contributed by atoms with Crippen LogP contribution in [0.15, 0.2) is 29.3 Å². The monoisotopic (exact) mass is 532 g/mol. The van der Waals surface area contributed by atoms with E-state index in [1.54, 1.807) is 12.1 Å². The number of hydrogen-bond acceptors (Lipinski definition) is 4. The fraction of sp³-hybridized carbons (Fsp3) is 0.550. The van der Waals surface area contributed by atoms with Gasteiger partial charge in [-0.05, 0) is 31.0 Å². The minimum atomic E-state index is -0.672. The van der Waals surface area contributed by atoms with Crippen LogP contribution in [0.5, 0.6) is 0 Å². The largest absolute Gasteiger partial charge is 0.386 e. The number of benzene rings is 1. The molecule has 3 N–H and O–H groups in total. The van der Waals surface area contributed by atoms with Crippen LogP contribution in [0.25, 0.3) is 0 Å². The SMILES string of the molecule is CCNC(=NCC(O)c1ccc(Cl)cc1)NC1CCc2nc(C(C)C)nn2C1.I. The van der Waals surface area contributed by atoms with E-state index in [2.05, 4.69) is 39.6 Å². The Hall–Kier alpha value is -1.39. The summed E-state index contributed by atoms with van der Waals surface area (Å²) in [6, 6.07) is 7.41. The fourth-order valence-corrected chi connectivity index (χ4v) is 3.30. The topological polar surface area (TPSA) is 87.4 Å².